The summed E-state index contributed by atoms with van der Waals surface area (Å²) >= 11 is 9.02. The van der Waals surface area contributed by atoms with Crippen molar-refractivity contribution in [1.82, 2.24) is 0 Å². The maximum Gasteiger partial charge on any atom is 0.162 e. The summed E-state index contributed by atoms with van der Waals surface area (Å²) in [4.78, 5) is 11.0. The molecule has 1 aromatic rings. The Bertz CT molecular complexity index is 276. The van der Waals surface area contributed by atoms with Gasteiger partial charge in [-0.25, -0.2) is 0 Å². The van der Waals surface area contributed by atoms with Gasteiger partial charge in [0, 0.05) is 4.47 Å². The van der Waals surface area contributed by atoms with Crippen molar-refractivity contribution in [2.45, 2.75) is 14.4 Å². The summed E-state index contributed by atoms with van der Waals surface area (Å²) < 4.78 is 0.748. The number of rotatable bonds is 1. The number of halogens is 2. The monoisotopic (exact) mass is 248 g/mol. The van der Waals surface area contributed by atoms with Crippen LogP contribution in [0.3, 0.4) is 0 Å². The number of hydrogen-bond acceptors (Lipinski definition) is 1. The molecule has 0 bridgehead atoms. The van der Waals surface area contributed by atoms with Crippen molar-refractivity contribution in [2.24, 2.45) is 0 Å². The fourth-order valence-electron chi connectivity index (χ4n) is 0.834. The molecule has 0 radical (unpaired) electrons. The highest BCUT2D eigenvalue weighted by molar-refractivity contribution is 9.10. The summed E-state index contributed by atoms with van der Waals surface area (Å²) in [6.07, 6.45) is 0. The molecule has 0 saturated heterocycles. The van der Waals surface area contributed by atoms with Crippen LogP contribution in [0.15, 0.2) is 22.7 Å². The predicted octanol–water partition coefficient (Wildman–Crippen LogP) is 3.94. The van der Waals surface area contributed by atoms with E-state index in [9.17, 15) is 4.79 Å². The molecule has 0 aliphatic carbocycles. The molecule has 0 heterocycles. The SMILES string of the molecule is C.CC(=O)c1c(Cl)cccc1Br. The topological polar surface area (TPSA) is 17.1 Å². The smallest absolute Gasteiger partial charge is 0.162 e. The highest BCUT2D eigenvalue weighted by Crippen LogP contribution is 2.24. The zero-order valence-electron chi connectivity index (χ0n) is 5.90. The van der Waals surface area contributed by atoms with Gasteiger partial charge in [-0.2, -0.15) is 0 Å². The van der Waals surface area contributed by atoms with E-state index in [1.807, 2.05) is 0 Å². The highest BCUT2D eigenvalue weighted by atomic mass is 79.9. The van der Waals surface area contributed by atoms with Crippen molar-refractivity contribution in [2.75, 3.05) is 0 Å². The number of hydrogen-bond donors (Lipinski definition) is 0. The Morgan fingerprint density at radius 3 is 2.42 bits per heavy atom. The largest absolute Gasteiger partial charge is 0.294 e. The van der Waals surface area contributed by atoms with Crippen molar-refractivity contribution >= 4 is 33.3 Å². The van der Waals surface area contributed by atoms with Gasteiger partial charge in [0.25, 0.3) is 0 Å². The minimum absolute atomic E-state index is 0. The van der Waals surface area contributed by atoms with Crippen LogP contribution in [0.1, 0.15) is 24.7 Å². The number of Topliss-reactive ketones (excluding diaryl/α,β-unsaturated/α-hetero) is 1. The number of benzene rings is 1. The highest BCUT2D eigenvalue weighted by Gasteiger charge is 2.08. The van der Waals surface area contributed by atoms with E-state index in [-0.39, 0.29) is 13.2 Å². The molecule has 0 saturated carbocycles. The molecule has 1 rings (SSSR count). The van der Waals surface area contributed by atoms with Crippen molar-refractivity contribution in [3.8, 4) is 0 Å². The van der Waals surface area contributed by atoms with Crippen LogP contribution in [0.2, 0.25) is 5.02 Å². The Hall–Kier alpha value is -0.340. The van der Waals surface area contributed by atoms with E-state index in [4.69, 9.17) is 11.6 Å². The Morgan fingerprint density at radius 1 is 1.50 bits per heavy atom. The molecule has 1 nitrogen and oxygen atoms in total. The van der Waals surface area contributed by atoms with E-state index >= 15 is 0 Å². The summed E-state index contributed by atoms with van der Waals surface area (Å²) in [5, 5.41) is 0.492. The zero-order chi connectivity index (χ0) is 8.43. The van der Waals surface area contributed by atoms with Crippen LogP contribution in [0.5, 0.6) is 0 Å². The Morgan fingerprint density at radius 2 is 2.08 bits per heavy atom. The van der Waals surface area contributed by atoms with Crippen molar-refractivity contribution in [3.05, 3.63) is 33.3 Å². The van der Waals surface area contributed by atoms with E-state index in [2.05, 4.69) is 15.9 Å². The second-order valence-corrected chi connectivity index (χ2v) is 3.41. The lowest BCUT2D eigenvalue weighted by Gasteiger charge is -2.00. The first-order valence-electron chi connectivity index (χ1n) is 3.08. The lowest BCUT2D eigenvalue weighted by atomic mass is 10.1. The average molecular weight is 250 g/mol. The van der Waals surface area contributed by atoms with Gasteiger partial charge in [0.2, 0.25) is 0 Å². The molecule has 0 atom stereocenters. The summed E-state index contributed by atoms with van der Waals surface area (Å²) in [6, 6.07) is 5.28. The first kappa shape index (κ1) is 11.7. The Kier molecular flexibility index (Phi) is 4.50. The molecular weight excluding hydrogens is 239 g/mol. The molecule has 0 spiro atoms. The number of carbonyl (C=O) groups excluding carboxylic acids is 1. The van der Waals surface area contributed by atoms with Crippen molar-refractivity contribution in [1.29, 1.82) is 0 Å². The molecule has 0 aromatic heterocycles. The first-order valence-corrected chi connectivity index (χ1v) is 4.25. The Balaban J connectivity index is 0.00000121. The van der Waals surface area contributed by atoms with E-state index in [0.717, 1.165) is 4.47 Å². The molecule has 12 heavy (non-hydrogen) atoms. The van der Waals surface area contributed by atoms with Gasteiger partial charge >= 0.3 is 0 Å². The van der Waals surface area contributed by atoms with Crippen LogP contribution in [0, 0.1) is 0 Å². The fourth-order valence-corrected chi connectivity index (χ4v) is 1.90. The van der Waals surface area contributed by atoms with Gasteiger partial charge in [0.05, 0.1) is 10.6 Å². The summed E-state index contributed by atoms with van der Waals surface area (Å²) in [7, 11) is 0. The summed E-state index contributed by atoms with van der Waals surface area (Å²) in [6.45, 7) is 1.49. The van der Waals surface area contributed by atoms with E-state index in [1.165, 1.54) is 6.92 Å². The van der Waals surface area contributed by atoms with Crippen LogP contribution < -0.4 is 0 Å². The quantitative estimate of drug-likeness (QED) is 0.689. The molecule has 0 aliphatic heterocycles. The van der Waals surface area contributed by atoms with E-state index < -0.39 is 0 Å². The second-order valence-electron chi connectivity index (χ2n) is 2.15. The maximum atomic E-state index is 11.0. The zero-order valence-corrected chi connectivity index (χ0v) is 8.24. The van der Waals surface area contributed by atoms with Crippen LogP contribution in [0.25, 0.3) is 0 Å². The standard InChI is InChI=1S/C8H6BrClO.CH4/c1-5(11)8-6(9)3-2-4-7(8)10;/h2-4H,1H3;1H4. The maximum absolute atomic E-state index is 11.0. The van der Waals surface area contributed by atoms with Crippen LogP contribution in [0.4, 0.5) is 0 Å². The lowest BCUT2D eigenvalue weighted by molar-refractivity contribution is 0.101. The average Bonchev–Trinajstić information content (AvgIpc) is 1.85. The van der Waals surface area contributed by atoms with Gasteiger partial charge in [0.15, 0.2) is 5.78 Å². The predicted molar refractivity (Wildman–Crippen MR) is 55.9 cm³/mol. The molecule has 66 valence electrons. The molecule has 3 heteroatoms. The molecular formula is C9H10BrClO. The van der Waals surface area contributed by atoms with Gasteiger partial charge in [-0.1, -0.05) is 25.1 Å². The van der Waals surface area contributed by atoms with Gasteiger partial charge in [-0.3, -0.25) is 4.79 Å². The Labute approximate surface area is 85.9 Å². The molecule has 0 aliphatic rings. The summed E-state index contributed by atoms with van der Waals surface area (Å²) in [5.41, 5.74) is 0.550. The van der Waals surface area contributed by atoms with Crippen molar-refractivity contribution < 1.29 is 4.79 Å². The van der Waals surface area contributed by atoms with Gasteiger partial charge in [0.1, 0.15) is 0 Å². The third-order valence-corrected chi connectivity index (χ3v) is 2.29. The van der Waals surface area contributed by atoms with Crippen LogP contribution >= 0.6 is 27.5 Å². The van der Waals surface area contributed by atoms with E-state index in [1.54, 1.807) is 18.2 Å². The molecule has 1 aromatic carbocycles. The molecule has 0 fully saturated rings. The van der Waals surface area contributed by atoms with Gasteiger partial charge in [-0.15, -0.1) is 0 Å². The number of carbonyl (C=O) groups is 1. The summed E-state index contributed by atoms with van der Waals surface area (Å²) in [5.74, 6) is -0.0255. The van der Waals surface area contributed by atoms with Gasteiger partial charge < -0.3 is 0 Å². The van der Waals surface area contributed by atoms with Crippen LogP contribution in [-0.2, 0) is 0 Å². The normalized spacial score (nSPS) is 8.92. The third-order valence-electron chi connectivity index (χ3n) is 1.31. The third kappa shape index (κ3) is 2.32. The van der Waals surface area contributed by atoms with Crippen molar-refractivity contribution in [3.63, 3.8) is 0 Å². The molecule has 0 unspecified atom stereocenters. The molecule has 0 amide bonds. The van der Waals surface area contributed by atoms with Crippen LogP contribution in [-0.4, -0.2) is 5.78 Å². The van der Waals surface area contributed by atoms with E-state index in [0.29, 0.717) is 10.6 Å². The minimum atomic E-state index is -0.0255. The molecule has 0 N–H and O–H groups in total. The minimum Gasteiger partial charge on any atom is -0.294 e. The fraction of sp³-hybridized carbons (Fsp3) is 0.222. The first-order chi connectivity index (χ1) is 5.13. The van der Waals surface area contributed by atoms with Gasteiger partial charge in [-0.05, 0) is 35.0 Å². The number of ketones is 1. The lowest BCUT2D eigenvalue weighted by Crippen LogP contribution is -1.94. The second kappa shape index (κ2) is 4.63.